The Kier molecular flexibility index (Phi) is 3.90. The molecule has 1 aromatic carbocycles. The first-order valence-electron chi connectivity index (χ1n) is 4.95. The Morgan fingerprint density at radius 2 is 2.06 bits per heavy atom. The van der Waals surface area contributed by atoms with Crippen LogP contribution in [0, 0.1) is 6.92 Å². The molecule has 0 radical (unpaired) electrons. The summed E-state index contributed by atoms with van der Waals surface area (Å²) < 4.78 is 22.6. The number of primary sulfonamides is 1. The second-order valence-electron chi connectivity index (χ2n) is 3.75. The van der Waals surface area contributed by atoms with E-state index in [0.717, 1.165) is 5.69 Å². The molecule has 0 spiro atoms. The van der Waals surface area contributed by atoms with E-state index in [0.29, 0.717) is 12.1 Å². The third-order valence-electron chi connectivity index (χ3n) is 2.35. The van der Waals surface area contributed by atoms with Crippen molar-refractivity contribution in [3.63, 3.8) is 0 Å². The summed E-state index contributed by atoms with van der Waals surface area (Å²) in [5.41, 5.74) is 6.84. The maximum absolute atomic E-state index is 11.3. The van der Waals surface area contributed by atoms with Crippen LogP contribution in [0.4, 0.5) is 5.69 Å². The minimum atomic E-state index is -3.67. The highest BCUT2D eigenvalue weighted by molar-refractivity contribution is 7.89. The first kappa shape index (κ1) is 13.0. The van der Waals surface area contributed by atoms with Crippen LogP contribution in [0.15, 0.2) is 23.1 Å². The molecule has 0 fully saturated rings. The average Bonchev–Trinajstić information content (AvgIpc) is 2.19. The molecule has 0 amide bonds. The highest BCUT2D eigenvalue weighted by Gasteiger charge is 2.14. The third kappa shape index (κ3) is 2.94. The van der Waals surface area contributed by atoms with Crippen LogP contribution in [0.25, 0.3) is 0 Å². The van der Waals surface area contributed by atoms with Crippen molar-refractivity contribution in [2.75, 3.05) is 11.9 Å². The topological polar surface area (TPSA) is 98.2 Å². The van der Waals surface area contributed by atoms with Crippen molar-refractivity contribution >= 4 is 15.7 Å². The summed E-state index contributed by atoms with van der Waals surface area (Å²) in [6, 6.07) is 5.02. The molecule has 1 rings (SSSR count). The van der Waals surface area contributed by atoms with Crippen LogP contribution in [-0.2, 0) is 10.0 Å². The van der Waals surface area contributed by atoms with Crippen LogP contribution in [0.5, 0.6) is 0 Å². The molecule has 0 aliphatic carbocycles. The van der Waals surface area contributed by atoms with E-state index in [1.54, 1.807) is 19.1 Å². The lowest BCUT2D eigenvalue weighted by atomic mass is 10.2. The quantitative estimate of drug-likeness (QED) is 0.713. The van der Waals surface area contributed by atoms with Gasteiger partial charge in [-0.25, -0.2) is 13.6 Å². The molecule has 0 heterocycles. The first-order chi connectivity index (χ1) is 7.36. The zero-order valence-electron chi connectivity index (χ0n) is 9.40. The van der Waals surface area contributed by atoms with Crippen LogP contribution in [0.2, 0.25) is 0 Å². The van der Waals surface area contributed by atoms with Crippen molar-refractivity contribution in [2.24, 2.45) is 10.9 Å². The molecule has 5 nitrogen and oxygen atoms in total. The van der Waals surface area contributed by atoms with Gasteiger partial charge in [0.1, 0.15) is 0 Å². The molecule has 90 valence electrons. The molecule has 1 atom stereocenters. The lowest BCUT2D eigenvalue weighted by molar-refractivity contribution is 0.597. The largest absolute Gasteiger partial charge is 0.381 e. The van der Waals surface area contributed by atoms with Crippen LogP contribution in [-0.4, -0.2) is 21.0 Å². The van der Waals surface area contributed by atoms with Gasteiger partial charge in [0.25, 0.3) is 0 Å². The Morgan fingerprint density at radius 3 is 2.56 bits per heavy atom. The Hall–Kier alpha value is -1.11. The van der Waals surface area contributed by atoms with Gasteiger partial charge in [-0.2, -0.15) is 0 Å². The minimum Gasteiger partial charge on any atom is -0.381 e. The maximum Gasteiger partial charge on any atom is 0.238 e. The molecule has 0 aliphatic rings. The summed E-state index contributed by atoms with van der Waals surface area (Å²) in [5, 5.41) is 8.24. The Morgan fingerprint density at radius 1 is 1.44 bits per heavy atom. The summed E-state index contributed by atoms with van der Waals surface area (Å²) in [7, 11) is -3.67. The van der Waals surface area contributed by atoms with Crippen LogP contribution < -0.4 is 16.2 Å². The fourth-order valence-corrected chi connectivity index (χ4v) is 2.21. The van der Waals surface area contributed by atoms with Crippen molar-refractivity contribution < 1.29 is 8.42 Å². The van der Waals surface area contributed by atoms with E-state index in [-0.39, 0.29) is 10.9 Å². The number of anilines is 1. The van der Waals surface area contributed by atoms with Crippen LogP contribution >= 0.6 is 0 Å². The summed E-state index contributed by atoms with van der Waals surface area (Å²) in [4.78, 5) is 0.140. The number of hydrogen-bond donors (Lipinski definition) is 3. The number of hydrogen-bond acceptors (Lipinski definition) is 4. The van der Waals surface area contributed by atoms with Gasteiger partial charge in [-0.05, 0) is 31.5 Å². The third-order valence-corrected chi connectivity index (χ3v) is 3.40. The smallest absolute Gasteiger partial charge is 0.238 e. The molecule has 0 saturated carbocycles. The summed E-state index contributed by atoms with van der Waals surface area (Å²) >= 11 is 0. The molecular formula is C10H17N3O2S. The van der Waals surface area contributed by atoms with Gasteiger partial charge < -0.3 is 11.1 Å². The monoisotopic (exact) mass is 243 g/mol. The molecule has 1 aromatic rings. The number of rotatable bonds is 4. The standard InChI is InChI=1S/C10H17N3O2S/c1-7(6-11)13-9-4-3-5-10(8(9)2)16(12,14)15/h3-5,7,13H,6,11H2,1-2H3,(H2,12,14,15). The molecule has 1 unspecified atom stereocenters. The number of nitrogens with one attached hydrogen (secondary N) is 1. The molecule has 16 heavy (non-hydrogen) atoms. The fourth-order valence-electron chi connectivity index (χ4n) is 1.40. The lowest BCUT2D eigenvalue weighted by Crippen LogP contribution is -2.26. The minimum absolute atomic E-state index is 0.0782. The molecular weight excluding hydrogens is 226 g/mol. The predicted octanol–water partition coefficient (Wildman–Crippen LogP) is 0.402. The van der Waals surface area contributed by atoms with Crippen molar-refractivity contribution in [3.8, 4) is 0 Å². The van der Waals surface area contributed by atoms with Gasteiger partial charge in [-0.15, -0.1) is 0 Å². The van der Waals surface area contributed by atoms with Crippen LogP contribution in [0.3, 0.4) is 0 Å². The predicted molar refractivity (Wildman–Crippen MR) is 64.7 cm³/mol. The summed E-state index contributed by atoms with van der Waals surface area (Å²) in [6.07, 6.45) is 0. The second kappa shape index (κ2) is 4.82. The number of sulfonamides is 1. The zero-order valence-corrected chi connectivity index (χ0v) is 10.2. The fraction of sp³-hybridized carbons (Fsp3) is 0.400. The van der Waals surface area contributed by atoms with Crippen molar-refractivity contribution in [1.29, 1.82) is 0 Å². The van der Waals surface area contributed by atoms with Crippen molar-refractivity contribution in [1.82, 2.24) is 0 Å². The van der Waals surface area contributed by atoms with E-state index in [4.69, 9.17) is 10.9 Å². The molecule has 0 aromatic heterocycles. The van der Waals surface area contributed by atoms with Crippen molar-refractivity contribution in [3.05, 3.63) is 23.8 Å². The molecule has 0 bridgehead atoms. The summed E-state index contributed by atoms with van der Waals surface area (Å²) in [5.74, 6) is 0. The van der Waals surface area contributed by atoms with E-state index in [2.05, 4.69) is 5.32 Å². The molecule has 5 N–H and O–H groups in total. The van der Waals surface area contributed by atoms with Gasteiger partial charge in [0.2, 0.25) is 10.0 Å². The van der Waals surface area contributed by atoms with E-state index < -0.39 is 10.0 Å². The highest BCUT2D eigenvalue weighted by atomic mass is 32.2. The van der Waals surface area contributed by atoms with Gasteiger partial charge in [0, 0.05) is 18.3 Å². The molecule has 6 heteroatoms. The highest BCUT2D eigenvalue weighted by Crippen LogP contribution is 2.22. The van der Waals surface area contributed by atoms with Gasteiger partial charge >= 0.3 is 0 Å². The average molecular weight is 243 g/mol. The number of benzene rings is 1. The number of nitrogens with two attached hydrogens (primary N) is 2. The lowest BCUT2D eigenvalue weighted by Gasteiger charge is -2.16. The Labute approximate surface area is 95.9 Å². The van der Waals surface area contributed by atoms with Gasteiger partial charge in [0.05, 0.1) is 4.90 Å². The summed E-state index contributed by atoms with van der Waals surface area (Å²) in [6.45, 7) is 4.10. The normalized spacial score (nSPS) is 13.5. The molecule has 0 saturated heterocycles. The van der Waals surface area contributed by atoms with E-state index in [1.807, 2.05) is 6.92 Å². The second-order valence-corrected chi connectivity index (χ2v) is 5.28. The Bertz CT molecular complexity index is 471. The first-order valence-corrected chi connectivity index (χ1v) is 6.50. The van der Waals surface area contributed by atoms with E-state index >= 15 is 0 Å². The molecule has 0 aliphatic heterocycles. The van der Waals surface area contributed by atoms with E-state index in [1.165, 1.54) is 6.07 Å². The van der Waals surface area contributed by atoms with E-state index in [9.17, 15) is 8.42 Å². The Balaban J connectivity index is 3.15. The zero-order chi connectivity index (χ0) is 12.3. The van der Waals surface area contributed by atoms with Gasteiger partial charge in [-0.3, -0.25) is 0 Å². The SMILES string of the molecule is Cc1c(NC(C)CN)cccc1S(N)(=O)=O. The van der Waals surface area contributed by atoms with Crippen molar-refractivity contribution in [2.45, 2.75) is 24.8 Å². The van der Waals surface area contributed by atoms with Crippen LogP contribution in [0.1, 0.15) is 12.5 Å². The van der Waals surface area contributed by atoms with Gasteiger partial charge in [-0.1, -0.05) is 6.07 Å². The maximum atomic E-state index is 11.3. The van der Waals surface area contributed by atoms with Gasteiger partial charge in [0.15, 0.2) is 0 Å².